The van der Waals surface area contributed by atoms with Gasteiger partial charge in [0.15, 0.2) is 0 Å². The van der Waals surface area contributed by atoms with E-state index in [0.717, 1.165) is 42.1 Å². The van der Waals surface area contributed by atoms with Crippen LogP contribution in [0.4, 0.5) is 4.39 Å². The number of rotatable bonds is 14. The van der Waals surface area contributed by atoms with Gasteiger partial charge in [-0.3, -0.25) is 14.8 Å². The summed E-state index contributed by atoms with van der Waals surface area (Å²) in [7, 11) is 0. The van der Waals surface area contributed by atoms with Crippen molar-refractivity contribution in [3.05, 3.63) is 84.2 Å². The molecule has 0 saturated carbocycles. The molecule has 0 bridgehead atoms. The molecule has 0 aliphatic rings. The highest BCUT2D eigenvalue weighted by Gasteiger charge is 2.09. The van der Waals surface area contributed by atoms with Crippen molar-refractivity contribution in [2.75, 3.05) is 19.8 Å². The van der Waals surface area contributed by atoms with Gasteiger partial charge in [0.2, 0.25) is 0 Å². The predicted octanol–water partition coefficient (Wildman–Crippen LogP) is 7.84. The standard InChI is InChI=1S/C16H27FN2O2.C10H10ClN.C3H6/c1-14(16(20)21)8-7-9-15(2)19-13-6-5-12-18-11-4-3-10-17;1-2-7-12-8-9-3-5-10(11)6-4-9;1-3-2/h3-4,6,13-14,18H,5,7-12H2,1-2H3,(H,20,21);2-8H,1H3;3H,1H2,2H3/b4-3+,13-6+,19-15?;7-2+,12-8?;. The minimum absolute atomic E-state index is 0.286. The molecular formula is C29H43ClFN3O2. The molecule has 0 aliphatic carbocycles. The molecule has 1 atom stereocenters. The Balaban J connectivity index is 0. The summed E-state index contributed by atoms with van der Waals surface area (Å²) in [4.78, 5) is 19.0. The molecule has 36 heavy (non-hydrogen) atoms. The van der Waals surface area contributed by atoms with Crippen molar-refractivity contribution >= 4 is 29.5 Å². The van der Waals surface area contributed by atoms with Crippen LogP contribution < -0.4 is 5.32 Å². The number of aliphatic imine (C=N–C) groups is 2. The van der Waals surface area contributed by atoms with E-state index >= 15 is 0 Å². The van der Waals surface area contributed by atoms with E-state index in [0.29, 0.717) is 13.0 Å². The van der Waals surface area contributed by atoms with Crippen LogP contribution in [-0.4, -0.2) is 42.8 Å². The number of nitrogens with zero attached hydrogens (tertiary/aromatic N) is 2. The average Bonchev–Trinajstić information content (AvgIpc) is 2.85. The van der Waals surface area contributed by atoms with Crippen molar-refractivity contribution in [1.82, 2.24) is 5.32 Å². The molecule has 2 N–H and O–H groups in total. The number of aliphatic carboxylic acids is 1. The average molecular weight is 520 g/mol. The van der Waals surface area contributed by atoms with E-state index in [9.17, 15) is 9.18 Å². The molecule has 0 aliphatic heterocycles. The summed E-state index contributed by atoms with van der Waals surface area (Å²) in [6.07, 6.45) is 17.4. The number of halogens is 2. The maximum absolute atomic E-state index is 11.7. The number of carboxylic acids is 1. The summed E-state index contributed by atoms with van der Waals surface area (Å²) in [5, 5.41) is 12.7. The first kappa shape index (κ1) is 35.3. The van der Waals surface area contributed by atoms with Crippen molar-refractivity contribution in [3.8, 4) is 0 Å². The lowest BCUT2D eigenvalue weighted by atomic mass is 10.0. The molecule has 0 amide bonds. The predicted molar refractivity (Wildman–Crippen MR) is 155 cm³/mol. The second-order valence-electron chi connectivity index (χ2n) is 7.72. The SMILES string of the molecule is C/C=C/N=Cc1ccc(Cl)cc1.C=CC.CC(CCCC(C)C(=O)O)=N/C=C/CCNC/C=C/CF. The smallest absolute Gasteiger partial charge is 0.306 e. The van der Waals surface area contributed by atoms with Gasteiger partial charge < -0.3 is 10.4 Å². The lowest BCUT2D eigenvalue weighted by Crippen LogP contribution is -2.14. The monoisotopic (exact) mass is 519 g/mol. The number of carboxylic acid groups (broad SMARTS) is 1. The third-order valence-corrected chi connectivity index (χ3v) is 4.58. The molecular weight excluding hydrogens is 477 g/mol. The Bertz CT molecular complexity index is 831. The number of benzene rings is 1. The molecule has 7 heteroatoms. The second-order valence-corrected chi connectivity index (χ2v) is 8.16. The summed E-state index contributed by atoms with van der Waals surface area (Å²) in [6.45, 7) is 12.0. The molecule has 0 aromatic heterocycles. The minimum Gasteiger partial charge on any atom is -0.481 e. The van der Waals surface area contributed by atoms with Gasteiger partial charge in [-0.2, -0.15) is 0 Å². The maximum Gasteiger partial charge on any atom is 0.306 e. The van der Waals surface area contributed by atoms with Crippen LogP contribution in [-0.2, 0) is 4.79 Å². The quantitative estimate of drug-likeness (QED) is 0.149. The van der Waals surface area contributed by atoms with E-state index in [1.54, 1.807) is 37.7 Å². The van der Waals surface area contributed by atoms with Crippen LogP contribution >= 0.6 is 11.6 Å². The zero-order valence-corrected chi connectivity index (χ0v) is 22.9. The van der Waals surface area contributed by atoms with Gasteiger partial charge in [0.05, 0.1) is 5.92 Å². The summed E-state index contributed by atoms with van der Waals surface area (Å²) >= 11 is 5.71. The molecule has 0 fully saturated rings. The molecule has 0 heterocycles. The number of carbonyl (C=O) groups is 1. The normalized spacial score (nSPS) is 12.4. The first-order chi connectivity index (χ1) is 17.3. The van der Waals surface area contributed by atoms with Gasteiger partial charge in [-0.1, -0.05) is 61.0 Å². The minimum atomic E-state index is -0.738. The number of hydrogen-bond donors (Lipinski definition) is 2. The van der Waals surface area contributed by atoms with Crippen molar-refractivity contribution in [1.29, 1.82) is 0 Å². The van der Waals surface area contributed by atoms with Crippen molar-refractivity contribution in [3.63, 3.8) is 0 Å². The Morgan fingerprint density at radius 1 is 1.19 bits per heavy atom. The summed E-state index contributed by atoms with van der Waals surface area (Å²) < 4.78 is 11.7. The maximum atomic E-state index is 11.7. The van der Waals surface area contributed by atoms with E-state index in [-0.39, 0.29) is 5.92 Å². The second kappa shape index (κ2) is 26.8. The van der Waals surface area contributed by atoms with Gasteiger partial charge in [0, 0.05) is 35.9 Å². The molecule has 0 spiro atoms. The number of nitrogens with one attached hydrogen (secondary N) is 1. The van der Waals surface area contributed by atoms with Gasteiger partial charge in [-0.25, -0.2) is 4.39 Å². The van der Waals surface area contributed by atoms with Gasteiger partial charge in [0.1, 0.15) is 6.67 Å². The molecule has 1 unspecified atom stereocenters. The number of alkyl halides is 1. The highest BCUT2D eigenvalue weighted by Crippen LogP contribution is 2.09. The topological polar surface area (TPSA) is 74.0 Å². The van der Waals surface area contributed by atoms with E-state index < -0.39 is 12.6 Å². The zero-order chi connectivity index (χ0) is 27.4. The molecule has 0 radical (unpaired) electrons. The molecule has 1 rings (SSSR count). The lowest BCUT2D eigenvalue weighted by molar-refractivity contribution is -0.141. The fourth-order valence-electron chi connectivity index (χ4n) is 2.39. The highest BCUT2D eigenvalue weighted by atomic mass is 35.5. The van der Waals surface area contributed by atoms with E-state index in [1.165, 1.54) is 6.08 Å². The third-order valence-electron chi connectivity index (χ3n) is 4.33. The highest BCUT2D eigenvalue weighted by molar-refractivity contribution is 6.30. The molecule has 1 aromatic rings. The van der Waals surface area contributed by atoms with Crippen molar-refractivity contribution in [2.45, 2.75) is 53.4 Å². The van der Waals surface area contributed by atoms with E-state index in [2.05, 4.69) is 21.9 Å². The van der Waals surface area contributed by atoms with Crippen LogP contribution in [0.1, 0.15) is 58.9 Å². The van der Waals surface area contributed by atoms with Crippen molar-refractivity contribution in [2.24, 2.45) is 15.9 Å². The van der Waals surface area contributed by atoms with Gasteiger partial charge in [0.25, 0.3) is 0 Å². The largest absolute Gasteiger partial charge is 0.481 e. The van der Waals surface area contributed by atoms with Crippen LogP contribution in [0.5, 0.6) is 0 Å². The fourth-order valence-corrected chi connectivity index (χ4v) is 2.51. The Hall–Kier alpha value is -2.83. The third kappa shape index (κ3) is 25.8. The molecule has 5 nitrogen and oxygen atoms in total. The van der Waals surface area contributed by atoms with E-state index in [1.807, 2.05) is 57.2 Å². The summed E-state index contributed by atoms with van der Waals surface area (Å²) in [5.74, 6) is -1.02. The van der Waals surface area contributed by atoms with Crippen LogP contribution in [0.2, 0.25) is 5.02 Å². The first-order valence-corrected chi connectivity index (χ1v) is 12.5. The van der Waals surface area contributed by atoms with Crippen LogP contribution in [0, 0.1) is 5.92 Å². The zero-order valence-electron chi connectivity index (χ0n) is 22.2. The molecule has 1 aromatic carbocycles. The van der Waals surface area contributed by atoms with Crippen LogP contribution in [0.3, 0.4) is 0 Å². The Labute approximate surface area is 222 Å². The Morgan fingerprint density at radius 2 is 1.86 bits per heavy atom. The number of allylic oxidation sites excluding steroid dienone is 3. The molecule has 200 valence electrons. The van der Waals surface area contributed by atoms with Crippen LogP contribution in [0.15, 0.2) is 83.6 Å². The first-order valence-electron chi connectivity index (χ1n) is 12.1. The van der Waals surface area contributed by atoms with Crippen molar-refractivity contribution < 1.29 is 14.3 Å². The summed E-state index contributed by atoms with van der Waals surface area (Å²) in [6, 6.07) is 7.54. The van der Waals surface area contributed by atoms with Gasteiger partial charge >= 0.3 is 5.97 Å². The Morgan fingerprint density at radius 3 is 2.44 bits per heavy atom. The van der Waals surface area contributed by atoms with E-state index in [4.69, 9.17) is 16.7 Å². The Kier molecular flexibility index (Phi) is 26.3. The van der Waals surface area contributed by atoms with Gasteiger partial charge in [-0.15, -0.1) is 6.58 Å². The number of hydrogen-bond acceptors (Lipinski definition) is 4. The molecule has 0 saturated heterocycles. The fraction of sp³-hybridized carbons (Fsp3) is 0.414. The van der Waals surface area contributed by atoms with Crippen LogP contribution in [0.25, 0.3) is 0 Å². The lowest BCUT2D eigenvalue weighted by Gasteiger charge is -2.04. The summed E-state index contributed by atoms with van der Waals surface area (Å²) in [5.41, 5.74) is 2.07. The van der Waals surface area contributed by atoms with Gasteiger partial charge in [-0.05, 0) is 70.7 Å².